The molecule has 0 saturated heterocycles. The van der Waals surface area contributed by atoms with Gasteiger partial charge >= 0.3 is 0 Å². The van der Waals surface area contributed by atoms with Crippen molar-refractivity contribution < 1.29 is 8.95 Å². The maximum absolute atomic E-state index is 11.6. The van der Waals surface area contributed by atoms with Gasteiger partial charge in [-0.3, -0.25) is 4.21 Å². The summed E-state index contributed by atoms with van der Waals surface area (Å²) in [5.74, 6) is 0.746. The summed E-state index contributed by atoms with van der Waals surface area (Å²) in [5, 5.41) is 7.84. The predicted octanol–water partition coefficient (Wildman–Crippen LogP) is 1.37. The van der Waals surface area contributed by atoms with Crippen molar-refractivity contribution in [1.29, 1.82) is 0 Å². The Kier molecular flexibility index (Phi) is 4.19. The number of ether oxygens (including phenoxy) is 1. The smallest absolute Gasteiger partial charge is 0.240 e. The molecule has 112 valence electrons. The minimum Gasteiger partial charge on any atom is -0.473 e. The maximum Gasteiger partial charge on any atom is 0.240 e. The lowest BCUT2D eigenvalue weighted by Crippen LogP contribution is -2.07. The van der Waals surface area contributed by atoms with Gasteiger partial charge in [-0.1, -0.05) is 30.3 Å². The average Bonchev–Trinajstić information content (AvgIpc) is 3.04. The van der Waals surface area contributed by atoms with Gasteiger partial charge in [0.05, 0.1) is 10.8 Å². The van der Waals surface area contributed by atoms with E-state index >= 15 is 0 Å². The highest BCUT2D eigenvalue weighted by molar-refractivity contribution is 7.84. The molecule has 0 bridgehead atoms. The summed E-state index contributed by atoms with van der Waals surface area (Å²) in [5.41, 5.74) is 1.04. The van der Waals surface area contributed by atoms with E-state index in [1.807, 2.05) is 30.3 Å². The SMILES string of the molecule is C[S@@](=O)c1nncn1-c1nccc(OCc2ccccc2)n1. The third kappa shape index (κ3) is 3.17. The van der Waals surface area contributed by atoms with Gasteiger partial charge in [-0.2, -0.15) is 4.98 Å². The van der Waals surface area contributed by atoms with E-state index in [1.54, 1.807) is 12.3 Å². The lowest BCUT2D eigenvalue weighted by Gasteiger charge is -2.07. The van der Waals surface area contributed by atoms with Crippen LogP contribution in [0.4, 0.5) is 0 Å². The van der Waals surface area contributed by atoms with Crippen molar-refractivity contribution in [2.75, 3.05) is 6.26 Å². The second-order valence-electron chi connectivity index (χ2n) is 4.41. The molecule has 0 aliphatic heterocycles. The van der Waals surface area contributed by atoms with Crippen LogP contribution in [0.3, 0.4) is 0 Å². The van der Waals surface area contributed by atoms with Crippen LogP contribution < -0.4 is 4.74 Å². The Labute approximate surface area is 129 Å². The summed E-state index contributed by atoms with van der Waals surface area (Å²) < 4.78 is 18.7. The van der Waals surface area contributed by atoms with E-state index in [2.05, 4.69) is 20.2 Å². The molecule has 0 aliphatic rings. The van der Waals surface area contributed by atoms with Gasteiger partial charge in [-0.25, -0.2) is 9.55 Å². The van der Waals surface area contributed by atoms with Gasteiger partial charge in [0.1, 0.15) is 12.9 Å². The first-order valence-electron chi connectivity index (χ1n) is 6.47. The Balaban J connectivity index is 1.81. The predicted molar refractivity (Wildman–Crippen MR) is 80.1 cm³/mol. The number of benzene rings is 1. The summed E-state index contributed by atoms with van der Waals surface area (Å²) in [6.07, 6.45) is 4.52. The molecule has 2 heterocycles. The summed E-state index contributed by atoms with van der Waals surface area (Å²) in [6, 6.07) is 11.5. The van der Waals surface area contributed by atoms with Crippen molar-refractivity contribution in [1.82, 2.24) is 24.7 Å². The zero-order valence-corrected chi connectivity index (χ0v) is 12.6. The molecule has 0 saturated carbocycles. The van der Waals surface area contributed by atoms with Gasteiger partial charge < -0.3 is 4.74 Å². The fourth-order valence-corrected chi connectivity index (χ4v) is 2.39. The van der Waals surface area contributed by atoms with E-state index in [0.717, 1.165) is 5.56 Å². The summed E-state index contributed by atoms with van der Waals surface area (Å²) in [7, 11) is -1.28. The third-order valence-corrected chi connectivity index (χ3v) is 3.63. The number of aromatic nitrogens is 5. The zero-order chi connectivity index (χ0) is 15.4. The van der Waals surface area contributed by atoms with Crippen LogP contribution in [-0.4, -0.2) is 35.2 Å². The molecule has 0 spiro atoms. The molecule has 22 heavy (non-hydrogen) atoms. The van der Waals surface area contributed by atoms with E-state index in [9.17, 15) is 4.21 Å². The summed E-state index contributed by atoms with van der Waals surface area (Å²) >= 11 is 0. The van der Waals surface area contributed by atoms with E-state index in [4.69, 9.17) is 4.74 Å². The van der Waals surface area contributed by atoms with Crippen molar-refractivity contribution in [3.05, 3.63) is 54.5 Å². The Hall–Kier alpha value is -2.61. The molecule has 3 aromatic rings. The highest BCUT2D eigenvalue weighted by Gasteiger charge is 2.12. The van der Waals surface area contributed by atoms with Crippen LogP contribution in [0.15, 0.2) is 54.1 Å². The molecule has 0 unspecified atom stereocenters. The molecule has 2 aromatic heterocycles. The van der Waals surface area contributed by atoms with Gasteiger partial charge in [-0.15, -0.1) is 10.2 Å². The quantitative estimate of drug-likeness (QED) is 0.707. The number of hydrogen-bond donors (Lipinski definition) is 0. The molecular weight excluding hydrogens is 302 g/mol. The Bertz CT molecular complexity index is 791. The molecule has 3 rings (SSSR count). The second kappa shape index (κ2) is 6.44. The van der Waals surface area contributed by atoms with Crippen LogP contribution in [-0.2, 0) is 17.4 Å². The second-order valence-corrected chi connectivity index (χ2v) is 5.68. The maximum atomic E-state index is 11.6. The monoisotopic (exact) mass is 315 g/mol. The van der Waals surface area contributed by atoms with Crippen molar-refractivity contribution >= 4 is 10.8 Å². The van der Waals surface area contributed by atoms with Gasteiger partial charge in [-0.05, 0) is 5.56 Å². The van der Waals surface area contributed by atoms with Crippen LogP contribution in [0, 0.1) is 0 Å². The van der Waals surface area contributed by atoms with Gasteiger partial charge in [0, 0.05) is 18.5 Å². The molecular formula is C14H13N5O2S. The van der Waals surface area contributed by atoms with E-state index in [0.29, 0.717) is 23.6 Å². The minimum atomic E-state index is -1.28. The van der Waals surface area contributed by atoms with Crippen LogP contribution >= 0.6 is 0 Å². The van der Waals surface area contributed by atoms with Crippen molar-refractivity contribution in [2.24, 2.45) is 0 Å². The summed E-state index contributed by atoms with van der Waals surface area (Å²) in [6.45, 7) is 0.409. The molecule has 1 atom stereocenters. The lowest BCUT2D eigenvalue weighted by atomic mass is 10.2. The van der Waals surface area contributed by atoms with Crippen molar-refractivity contribution in [3.8, 4) is 11.8 Å². The fraction of sp³-hybridized carbons (Fsp3) is 0.143. The first kappa shape index (κ1) is 14.3. The van der Waals surface area contributed by atoms with E-state index in [1.165, 1.54) is 17.2 Å². The Morgan fingerprint density at radius 1 is 1.23 bits per heavy atom. The van der Waals surface area contributed by atoms with Gasteiger partial charge in [0.2, 0.25) is 17.0 Å². The summed E-state index contributed by atoms with van der Waals surface area (Å²) in [4.78, 5) is 8.43. The molecule has 8 heteroatoms. The molecule has 0 N–H and O–H groups in total. The molecule has 1 aromatic carbocycles. The van der Waals surface area contributed by atoms with Gasteiger partial charge in [0.15, 0.2) is 0 Å². The van der Waals surface area contributed by atoms with E-state index in [-0.39, 0.29) is 0 Å². The lowest BCUT2D eigenvalue weighted by molar-refractivity contribution is 0.293. The Morgan fingerprint density at radius 3 is 2.82 bits per heavy atom. The van der Waals surface area contributed by atoms with Crippen molar-refractivity contribution in [3.63, 3.8) is 0 Å². The first-order valence-corrected chi connectivity index (χ1v) is 8.03. The normalized spacial score (nSPS) is 12.0. The molecule has 0 radical (unpaired) electrons. The zero-order valence-electron chi connectivity index (χ0n) is 11.8. The molecule has 0 amide bonds. The molecule has 7 nitrogen and oxygen atoms in total. The topological polar surface area (TPSA) is 82.8 Å². The van der Waals surface area contributed by atoms with Gasteiger partial charge in [0.25, 0.3) is 0 Å². The molecule has 0 aliphatic carbocycles. The first-order chi connectivity index (χ1) is 10.7. The standard InChI is InChI=1S/C14H13N5O2S/c1-22(20)14-18-16-10-19(14)13-15-8-7-12(17-13)21-9-11-5-3-2-4-6-11/h2-8,10H,9H2,1H3/t22-/m1/s1. The molecule has 0 fully saturated rings. The van der Waals surface area contributed by atoms with Crippen LogP contribution in [0.2, 0.25) is 0 Å². The fourth-order valence-electron chi connectivity index (χ4n) is 1.82. The van der Waals surface area contributed by atoms with Crippen molar-refractivity contribution in [2.45, 2.75) is 11.8 Å². The highest BCUT2D eigenvalue weighted by Crippen LogP contribution is 2.13. The largest absolute Gasteiger partial charge is 0.473 e. The minimum absolute atomic E-state index is 0.292. The van der Waals surface area contributed by atoms with E-state index < -0.39 is 10.8 Å². The highest BCUT2D eigenvalue weighted by atomic mass is 32.2. The number of nitrogens with zero attached hydrogens (tertiary/aromatic N) is 5. The van der Waals surface area contributed by atoms with Crippen LogP contribution in [0.25, 0.3) is 5.95 Å². The number of rotatable bonds is 5. The van der Waals surface area contributed by atoms with Crippen LogP contribution in [0.5, 0.6) is 5.88 Å². The average molecular weight is 315 g/mol. The number of hydrogen-bond acceptors (Lipinski definition) is 6. The third-order valence-electron chi connectivity index (χ3n) is 2.84. The Morgan fingerprint density at radius 2 is 2.05 bits per heavy atom. The van der Waals surface area contributed by atoms with Crippen LogP contribution in [0.1, 0.15) is 5.56 Å².